The highest BCUT2D eigenvalue weighted by Gasteiger charge is 2.17. The average molecular weight is 336 g/mol. The summed E-state index contributed by atoms with van der Waals surface area (Å²) >= 11 is 11.6. The molecule has 0 unspecified atom stereocenters. The SMILES string of the molecule is Nc1cc(N(Cl)c2ncnc(Cl)n2)ccc1S(=O)(=O)O. The maximum absolute atomic E-state index is 11.0. The third-order valence-corrected chi connectivity index (χ3v) is 3.66. The molecule has 0 aliphatic carbocycles. The second-order valence-electron chi connectivity index (χ2n) is 3.53. The van der Waals surface area contributed by atoms with Crippen LogP contribution in [0.25, 0.3) is 0 Å². The molecule has 0 aliphatic rings. The number of anilines is 3. The van der Waals surface area contributed by atoms with Gasteiger partial charge in [-0.15, -0.1) is 0 Å². The minimum Gasteiger partial charge on any atom is -0.398 e. The predicted molar refractivity (Wildman–Crippen MR) is 73.5 cm³/mol. The fraction of sp³-hybridized carbons (Fsp3) is 0. The van der Waals surface area contributed by atoms with Crippen molar-refractivity contribution in [1.29, 1.82) is 0 Å². The average Bonchev–Trinajstić information content (AvgIpc) is 2.36. The van der Waals surface area contributed by atoms with E-state index < -0.39 is 15.0 Å². The van der Waals surface area contributed by atoms with E-state index in [2.05, 4.69) is 15.0 Å². The van der Waals surface area contributed by atoms with Crippen LogP contribution in [-0.2, 0) is 10.1 Å². The van der Waals surface area contributed by atoms with Gasteiger partial charge in [-0.05, 0) is 29.8 Å². The highest BCUT2D eigenvalue weighted by Crippen LogP contribution is 2.29. The van der Waals surface area contributed by atoms with Crippen LogP contribution in [0, 0.1) is 0 Å². The summed E-state index contributed by atoms with van der Waals surface area (Å²) in [6.45, 7) is 0. The minimum absolute atomic E-state index is 0.0330. The Kier molecular flexibility index (Phi) is 3.95. The van der Waals surface area contributed by atoms with Crippen molar-refractivity contribution in [2.75, 3.05) is 10.2 Å². The minimum atomic E-state index is -4.40. The number of benzene rings is 1. The van der Waals surface area contributed by atoms with Gasteiger partial charge < -0.3 is 5.73 Å². The largest absolute Gasteiger partial charge is 0.398 e. The number of aromatic nitrogens is 3. The molecule has 106 valence electrons. The number of nitrogens with zero attached hydrogens (tertiary/aromatic N) is 4. The van der Waals surface area contributed by atoms with Crippen molar-refractivity contribution in [3.8, 4) is 0 Å². The van der Waals surface area contributed by atoms with E-state index in [0.29, 0.717) is 5.69 Å². The Labute approximate surface area is 124 Å². The van der Waals surface area contributed by atoms with Crippen LogP contribution >= 0.6 is 23.4 Å². The molecule has 0 aliphatic heterocycles. The van der Waals surface area contributed by atoms with Gasteiger partial charge in [-0.2, -0.15) is 18.4 Å². The summed E-state index contributed by atoms with van der Waals surface area (Å²) in [6, 6.07) is 3.68. The van der Waals surface area contributed by atoms with Gasteiger partial charge in [0.15, 0.2) is 0 Å². The van der Waals surface area contributed by atoms with Gasteiger partial charge in [0.05, 0.1) is 11.4 Å². The first-order chi connectivity index (χ1) is 9.29. The summed E-state index contributed by atoms with van der Waals surface area (Å²) in [6.07, 6.45) is 1.16. The van der Waals surface area contributed by atoms with Gasteiger partial charge in [0, 0.05) is 11.8 Å². The van der Waals surface area contributed by atoms with Crippen LogP contribution in [-0.4, -0.2) is 27.9 Å². The summed E-state index contributed by atoms with van der Waals surface area (Å²) in [5.74, 6) is 0.0330. The Morgan fingerprint density at radius 3 is 2.55 bits per heavy atom. The van der Waals surface area contributed by atoms with E-state index in [0.717, 1.165) is 16.8 Å². The van der Waals surface area contributed by atoms with Crippen molar-refractivity contribution in [3.63, 3.8) is 0 Å². The van der Waals surface area contributed by atoms with Gasteiger partial charge in [0.25, 0.3) is 10.1 Å². The Morgan fingerprint density at radius 2 is 2.00 bits per heavy atom. The molecule has 0 saturated heterocycles. The number of rotatable bonds is 3. The molecule has 2 rings (SSSR count). The molecule has 1 aromatic heterocycles. The van der Waals surface area contributed by atoms with Crippen LogP contribution in [0.5, 0.6) is 0 Å². The van der Waals surface area contributed by atoms with Crippen molar-refractivity contribution in [2.24, 2.45) is 0 Å². The van der Waals surface area contributed by atoms with Crippen LogP contribution in [0.4, 0.5) is 17.3 Å². The monoisotopic (exact) mass is 335 g/mol. The molecule has 0 radical (unpaired) electrons. The number of hydrogen-bond donors (Lipinski definition) is 2. The standard InChI is InChI=1S/C9H7Cl2N5O3S/c10-8-13-4-14-9(15-8)16(11)5-1-2-7(6(12)3-5)20(17,18)19/h1-4H,12H2,(H,17,18,19). The van der Waals surface area contributed by atoms with E-state index in [1.807, 2.05) is 0 Å². The van der Waals surface area contributed by atoms with Gasteiger partial charge in [-0.3, -0.25) is 4.55 Å². The van der Waals surface area contributed by atoms with Gasteiger partial charge in [0.1, 0.15) is 11.2 Å². The third kappa shape index (κ3) is 3.07. The second-order valence-corrected chi connectivity index (χ2v) is 5.60. The topological polar surface area (TPSA) is 122 Å². The Balaban J connectivity index is 2.42. The Morgan fingerprint density at radius 1 is 1.30 bits per heavy atom. The fourth-order valence-corrected chi connectivity index (χ4v) is 2.27. The van der Waals surface area contributed by atoms with E-state index >= 15 is 0 Å². The van der Waals surface area contributed by atoms with Crippen molar-refractivity contribution in [2.45, 2.75) is 4.90 Å². The molecule has 3 N–H and O–H groups in total. The molecule has 1 heterocycles. The molecule has 8 nitrogen and oxygen atoms in total. The molecule has 0 atom stereocenters. The molecule has 2 aromatic rings. The van der Waals surface area contributed by atoms with E-state index in [1.165, 1.54) is 12.1 Å². The van der Waals surface area contributed by atoms with Crippen LogP contribution in [0.1, 0.15) is 0 Å². The van der Waals surface area contributed by atoms with Crippen molar-refractivity contribution < 1.29 is 13.0 Å². The number of nitrogens with two attached hydrogens (primary N) is 1. The second kappa shape index (κ2) is 5.37. The summed E-state index contributed by atoms with van der Waals surface area (Å²) in [7, 11) is -4.40. The molecular formula is C9H7Cl2N5O3S. The maximum atomic E-state index is 11.0. The number of hydrogen-bond acceptors (Lipinski definition) is 7. The highest BCUT2D eigenvalue weighted by molar-refractivity contribution is 7.86. The summed E-state index contributed by atoms with van der Waals surface area (Å²) < 4.78 is 32.0. The molecule has 0 bridgehead atoms. The van der Waals surface area contributed by atoms with Crippen LogP contribution in [0.2, 0.25) is 5.28 Å². The molecule has 1 aromatic carbocycles. The molecule has 0 fully saturated rings. The lowest BCUT2D eigenvalue weighted by Crippen LogP contribution is -2.09. The summed E-state index contributed by atoms with van der Waals surface area (Å²) in [5.41, 5.74) is 5.67. The zero-order valence-electron chi connectivity index (χ0n) is 9.60. The zero-order chi connectivity index (χ0) is 14.9. The number of halogens is 2. The lowest BCUT2D eigenvalue weighted by molar-refractivity contribution is 0.483. The van der Waals surface area contributed by atoms with Crippen molar-refractivity contribution in [1.82, 2.24) is 15.0 Å². The number of nitrogen functional groups attached to an aromatic ring is 1. The molecular weight excluding hydrogens is 329 g/mol. The van der Waals surface area contributed by atoms with E-state index in [9.17, 15) is 8.42 Å². The first kappa shape index (κ1) is 14.7. The highest BCUT2D eigenvalue weighted by atomic mass is 35.5. The molecule has 20 heavy (non-hydrogen) atoms. The lowest BCUT2D eigenvalue weighted by atomic mass is 10.3. The normalized spacial score (nSPS) is 11.3. The first-order valence-corrected chi connectivity index (χ1v) is 7.12. The van der Waals surface area contributed by atoms with E-state index in [4.69, 9.17) is 33.7 Å². The molecule has 0 saturated carbocycles. The Bertz CT molecular complexity index is 755. The van der Waals surface area contributed by atoms with Crippen LogP contribution < -0.4 is 10.2 Å². The molecule has 0 spiro atoms. The first-order valence-electron chi connectivity index (χ1n) is 4.96. The summed E-state index contributed by atoms with van der Waals surface area (Å²) in [5, 5.41) is -0.0526. The quantitative estimate of drug-likeness (QED) is 0.493. The summed E-state index contributed by atoms with van der Waals surface area (Å²) in [4.78, 5) is 10.8. The lowest BCUT2D eigenvalue weighted by Gasteiger charge is -2.14. The van der Waals surface area contributed by atoms with Crippen LogP contribution in [0.15, 0.2) is 29.4 Å². The van der Waals surface area contributed by atoms with Gasteiger partial charge in [-0.25, -0.2) is 9.40 Å². The van der Waals surface area contributed by atoms with Gasteiger partial charge in [0.2, 0.25) is 11.2 Å². The molecule has 0 amide bonds. The maximum Gasteiger partial charge on any atom is 0.296 e. The smallest absolute Gasteiger partial charge is 0.296 e. The third-order valence-electron chi connectivity index (χ3n) is 2.20. The van der Waals surface area contributed by atoms with E-state index in [-0.39, 0.29) is 16.9 Å². The zero-order valence-corrected chi connectivity index (χ0v) is 11.9. The Hall–Kier alpha value is -1.68. The van der Waals surface area contributed by atoms with Crippen LogP contribution in [0.3, 0.4) is 0 Å². The fourth-order valence-electron chi connectivity index (χ4n) is 1.37. The van der Waals surface area contributed by atoms with Crippen molar-refractivity contribution in [3.05, 3.63) is 29.8 Å². The van der Waals surface area contributed by atoms with E-state index in [1.54, 1.807) is 0 Å². The van der Waals surface area contributed by atoms with Crippen molar-refractivity contribution >= 4 is 50.8 Å². The molecule has 11 heteroatoms. The van der Waals surface area contributed by atoms with Gasteiger partial charge >= 0.3 is 0 Å². The van der Waals surface area contributed by atoms with Gasteiger partial charge in [-0.1, -0.05) is 0 Å². The predicted octanol–water partition coefficient (Wildman–Crippen LogP) is 1.65.